The van der Waals surface area contributed by atoms with E-state index < -0.39 is 28.1 Å². The number of methoxy groups -OCH3 is 1. The number of rotatable bonds is 8. The van der Waals surface area contributed by atoms with Gasteiger partial charge >= 0.3 is 5.97 Å². The Morgan fingerprint density at radius 3 is 2.42 bits per heavy atom. The van der Waals surface area contributed by atoms with Crippen molar-refractivity contribution in [1.82, 2.24) is 4.31 Å². The Labute approximate surface area is 209 Å². The summed E-state index contributed by atoms with van der Waals surface area (Å²) >= 11 is 0. The van der Waals surface area contributed by atoms with Gasteiger partial charge in [0.2, 0.25) is 15.9 Å². The molecule has 9 nitrogen and oxygen atoms in total. The molecule has 0 saturated carbocycles. The third-order valence-electron chi connectivity index (χ3n) is 6.15. The van der Waals surface area contributed by atoms with Crippen molar-refractivity contribution in [2.75, 3.05) is 12.4 Å². The molecule has 0 aliphatic carbocycles. The van der Waals surface area contributed by atoms with Crippen LogP contribution in [0.3, 0.4) is 0 Å². The number of anilines is 1. The highest BCUT2D eigenvalue weighted by Gasteiger charge is 2.39. The molecule has 4 rings (SSSR count). The van der Waals surface area contributed by atoms with Crippen molar-refractivity contribution in [3.05, 3.63) is 89.5 Å². The number of carbonyl (C=O) groups excluding carboxylic acids is 1. The first-order valence-corrected chi connectivity index (χ1v) is 12.7. The number of sulfonamides is 1. The summed E-state index contributed by atoms with van der Waals surface area (Å²) in [5.41, 5.74) is 8.78. The van der Waals surface area contributed by atoms with Crippen molar-refractivity contribution in [2.45, 2.75) is 36.4 Å². The zero-order chi connectivity index (χ0) is 25.9. The second-order valence-electron chi connectivity index (χ2n) is 8.55. The second-order valence-corrected chi connectivity index (χ2v) is 10.4. The first-order chi connectivity index (χ1) is 17.2. The fourth-order valence-electron chi connectivity index (χ4n) is 4.18. The van der Waals surface area contributed by atoms with Gasteiger partial charge in [-0.15, -0.1) is 0 Å². The number of carbonyl (C=O) groups is 2. The van der Waals surface area contributed by atoms with Crippen molar-refractivity contribution in [3.8, 4) is 5.75 Å². The highest BCUT2D eigenvalue weighted by molar-refractivity contribution is 7.89. The number of amides is 1. The number of fused-ring (bicyclic) bond motifs is 1. The SMILES string of the molecule is COc1ccc(S(=O)(=O)N2Cc3cc(NC(=O)[C@@H](N)Cc4ccccc4)ccc3C[C@@H]2C(=O)O)cc1. The normalized spacial score (nSPS) is 16.6. The standard InChI is InChI=1S/C26H27N3O6S/c1-35-21-9-11-22(12-10-21)36(33,34)29-16-19-14-20(8-7-18(19)15-24(29)26(31)32)28-25(30)23(27)13-17-5-3-2-4-6-17/h2-12,14,23-24H,13,15-16,27H2,1H3,(H,28,30)(H,31,32)/t23-,24+/m0/s1. The highest BCUT2D eigenvalue weighted by Crippen LogP contribution is 2.31. The fourth-order valence-corrected chi connectivity index (χ4v) is 5.74. The number of nitrogens with two attached hydrogens (primary N) is 1. The van der Waals surface area contributed by atoms with E-state index in [0.29, 0.717) is 29.0 Å². The van der Waals surface area contributed by atoms with Gasteiger partial charge in [-0.2, -0.15) is 4.31 Å². The van der Waals surface area contributed by atoms with Gasteiger partial charge in [0.25, 0.3) is 0 Å². The maximum Gasteiger partial charge on any atom is 0.322 e. The molecule has 0 aromatic heterocycles. The van der Waals surface area contributed by atoms with Gasteiger partial charge in [0.15, 0.2) is 0 Å². The van der Waals surface area contributed by atoms with Crippen LogP contribution in [0, 0.1) is 0 Å². The van der Waals surface area contributed by atoms with Gasteiger partial charge in [0, 0.05) is 18.7 Å². The minimum absolute atomic E-state index is 0.00178. The predicted octanol–water partition coefficient (Wildman–Crippen LogP) is 2.40. The van der Waals surface area contributed by atoms with Gasteiger partial charge < -0.3 is 20.9 Å². The number of nitrogens with zero attached hydrogens (tertiary/aromatic N) is 1. The predicted molar refractivity (Wildman–Crippen MR) is 134 cm³/mol. The van der Waals surface area contributed by atoms with Crippen LogP contribution in [0.2, 0.25) is 0 Å². The lowest BCUT2D eigenvalue weighted by atomic mass is 9.95. The zero-order valence-electron chi connectivity index (χ0n) is 19.6. The molecule has 36 heavy (non-hydrogen) atoms. The molecule has 0 spiro atoms. The Hall–Kier alpha value is -3.73. The lowest BCUT2D eigenvalue weighted by molar-refractivity contribution is -0.141. The van der Waals surface area contributed by atoms with Crippen LogP contribution < -0.4 is 15.8 Å². The van der Waals surface area contributed by atoms with Crippen LogP contribution in [-0.4, -0.2) is 48.9 Å². The first kappa shape index (κ1) is 25.4. The second kappa shape index (κ2) is 10.5. The van der Waals surface area contributed by atoms with Crippen LogP contribution in [0.25, 0.3) is 0 Å². The Kier molecular flexibility index (Phi) is 7.39. The number of carboxylic acids is 1. The topological polar surface area (TPSA) is 139 Å². The third kappa shape index (κ3) is 5.40. The van der Waals surface area contributed by atoms with E-state index in [0.717, 1.165) is 9.87 Å². The van der Waals surface area contributed by atoms with Gasteiger partial charge in [-0.25, -0.2) is 8.42 Å². The summed E-state index contributed by atoms with van der Waals surface area (Å²) in [6.07, 6.45) is 0.369. The Morgan fingerprint density at radius 1 is 1.08 bits per heavy atom. The van der Waals surface area contributed by atoms with Crippen LogP contribution in [0.4, 0.5) is 5.69 Å². The molecule has 10 heteroatoms. The molecule has 4 N–H and O–H groups in total. The number of hydrogen-bond donors (Lipinski definition) is 3. The summed E-state index contributed by atoms with van der Waals surface area (Å²) in [7, 11) is -2.65. The summed E-state index contributed by atoms with van der Waals surface area (Å²) in [6.45, 7) is -0.152. The van der Waals surface area contributed by atoms with E-state index in [9.17, 15) is 23.1 Å². The summed E-state index contributed by atoms with van der Waals surface area (Å²) < 4.78 is 32.8. The highest BCUT2D eigenvalue weighted by atomic mass is 32.2. The first-order valence-electron chi connectivity index (χ1n) is 11.3. The van der Waals surface area contributed by atoms with Crippen molar-refractivity contribution < 1.29 is 27.9 Å². The minimum atomic E-state index is -4.12. The quantitative estimate of drug-likeness (QED) is 0.424. The van der Waals surface area contributed by atoms with Crippen LogP contribution in [0.15, 0.2) is 77.7 Å². The van der Waals surface area contributed by atoms with Crippen molar-refractivity contribution in [2.24, 2.45) is 5.73 Å². The Balaban J connectivity index is 1.56. The molecule has 2 atom stereocenters. The van der Waals surface area contributed by atoms with Gasteiger partial charge in [0.05, 0.1) is 18.0 Å². The van der Waals surface area contributed by atoms with Gasteiger partial charge in [-0.05, 0) is 59.5 Å². The van der Waals surface area contributed by atoms with E-state index in [2.05, 4.69) is 5.32 Å². The van der Waals surface area contributed by atoms with Gasteiger partial charge in [-0.3, -0.25) is 9.59 Å². The molecule has 3 aromatic carbocycles. The molecular formula is C26H27N3O6S. The summed E-state index contributed by atoms with van der Waals surface area (Å²) in [6, 6.07) is 18.2. The number of ether oxygens (including phenoxy) is 1. The monoisotopic (exact) mass is 509 g/mol. The Bertz CT molecular complexity index is 1360. The maximum atomic E-state index is 13.4. The molecular weight excluding hydrogens is 482 g/mol. The average molecular weight is 510 g/mol. The number of aliphatic carboxylic acids is 1. The molecule has 1 aliphatic heterocycles. The van der Waals surface area contributed by atoms with Crippen molar-refractivity contribution >= 4 is 27.6 Å². The number of nitrogens with one attached hydrogen (secondary N) is 1. The smallest absolute Gasteiger partial charge is 0.322 e. The van der Waals surface area contributed by atoms with E-state index in [4.69, 9.17) is 10.5 Å². The molecule has 0 fully saturated rings. The van der Waals surface area contributed by atoms with Crippen LogP contribution >= 0.6 is 0 Å². The number of benzene rings is 3. The van der Waals surface area contributed by atoms with Crippen LogP contribution in [0.1, 0.15) is 16.7 Å². The number of hydrogen-bond acceptors (Lipinski definition) is 6. The van der Waals surface area contributed by atoms with Crippen molar-refractivity contribution in [1.29, 1.82) is 0 Å². The molecule has 0 radical (unpaired) electrons. The molecule has 0 bridgehead atoms. The minimum Gasteiger partial charge on any atom is -0.497 e. The van der Waals surface area contributed by atoms with Crippen molar-refractivity contribution in [3.63, 3.8) is 0 Å². The molecule has 3 aromatic rings. The third-order valence-corrected chi connectivity index (χ3v) is 8.02. The molecule has 1 aliphatic rings. The van der Waals surface area contributed by atoms with Gasteiger partial charge in [0.1, 0.15) is 11.8 Å². The summed E-state index contributed by atoms with van der Waals surface area (Å²) in [4.78, 5) is 24.6. The van der Waals surface area contributed by atoms with Crippen LogP contribution in [0.5, 0.6) is 5.75 Å². The lowest BCUT2D eigenvalue weighted by Gasteiger charge is -2.33. The summed E-state index contributed by atoms with van der Waals surface area (Å²) in [5.74, 6) is -1.12. The van der Waals surface area contributed by atoms with E-state index in [1.165, 1.54) is 31.4 Å². The largest absolute Gasteiger partial charge is 0.497 e. The molecule has 0 saturated heterocycles. The van der Waals surface area contributed by atoms with Gasteiger partial charge in [-0.1, -0.05) is 36.4 Å². The molecule has 1 amide bonds. The molecule has 188 valence electrons. The summed E-state index contributed by atoms with van der Waals surface area (Å²) in [5, 5.41) is 12.6. The Morgan fingerprint density at radius 2 is 1.78 bits per heavy atom. The van der Waals surface area contributed by atoms with E-state index in [1.54, 1.807) is 18.2 Å². The lowest BCUT2D eigenvalue weighted by Crippen LogP contribution is -2.48. The van der Waals surface area contributed by atoms with E-state index in [-0.39, 0.29) is 23.8 Å². The maximum absolute atomic E-state index is 13.4. The number of carboxylic acid groups (broad SMARTS) is 1. The average Bonchev–Trinajstić information content (AvgIpc) is 2.88. The fraction of sp³-hybridized carbons (Fsp3) is 0.231. The van der Waals surface area contributed by atoms with Crippen LogP contribution in [-0.2, 0) is 39.0 Å². The zero-order valence-corrected chi connectivity index (χ0v) is 20.4. The van der Waals surface area contributed by atoms with E-state index in [1.807, 2.05) is 30.3 Å². The molecule has 0 unspecified atom stereocenters. The van der Waals surface area contributed by atoms with E-state index >= 15 is 0 Å². The molecule has 1 heterocycles.